The van der Waals surface area contributed by atoms with Crippen molar-refractivity contribution < 1.29 is 14.3 Å². The van der Waals surface area contributed by atoms with Crippen molar-refractivity contribution in [2.45, 2.75) is 6.92 Å². The predicted octanol–water partition coefficient (Wildman–Crippen LogP) is 1.15. The summed E-state index contributed by atoms with van der Waals surface area (Å²) in [7, 11) is 1.63. The fraction of sp³-hybridized carbons (Fsp3) is 0.500. The van der Waals surface area contributed by atoms with Gasteiger partial charge in [0.2, 0.25) is 5.91 Å². The number of benzene rings is 1. The van der Waals surface area contributed by atoms with Crippen LogP contribution in [0.4, 0.5) is 0 Å². The lowest BCUT2D eigenvalue weighted by Crippen LogP contribution is -2.37. The Morgan fingerprint density at radius 1 is 1.15 bits per heavy atom. The molecule has 6 heteroatoms. The first-order valence-corrected chi connectivity index (χ1v) is 6.38. The molecular formula is C14H23ClN2O3. The Balaban J connectivity index is 0.00000361. The molecule has 0 aliphatic carbocycles. The highest BCUT2D eigenvalue weighted by molar-refractivity contribution is 5.85. The minimum atomic E-state index is -0.0383. The SMILES string of the molecule is COCCNCC(=O)NCCOc1ccc(C)cc1.Cl. The number of aryl methyl sites for hydroxylation is 1. The maximum Gasteiger partial charge on any atom is 0.234 e. The number of halogens is 1. The maximum atomic E-state index is 11.4. The van der Waals surface area contributed by atoms with Crippen molar-refractivity contribution in [3.05, 3.63) is 29.8 Å². The second kappa shape index (κ2) is 11.5. The summed E-state index contributed by atoms with van der Waals surface area (Å²) in [6, 6.07) is 7.83. The van der Waals surface area contributed by atoms with Crippen molar-refractivity contribution in [2.75, 3.05) is 40.0 Å². The van der Waals surface area contributed by atoms with Crippen molar-refractivity contribution in [1.82, 2.24) is 10.6 Å². The molecule has 0 aliphatic rings. The van der Waals surface area contributed by atoms with Crippen LogP contribution in [0.15, 0.2) is 24.3 Å². The average Bonchev–Trinajstić information content (AvgIpc) is 2.42. The molecule has 5 nitrogen and oxygen atoms in total. The zero-order valence-electron chi connectivity index (χ0n) is 12.0. The van der Waals surface area contributed by atoms with Gasteiger partial charge in [0, 0.05) is 13.7 Å². The molecule has 0 heterocycles. The normalized spacial score (nSPS) is 9.70. The van der Waals surface area contributed by atoms with Crippen molar-refractivity contribution in [3.8, 4) is 5.75 Å². The third kappa shape index (κ3) is 8.74. The van der Waals surface area contributed by atoms with Crippen LogP contribution in [0.3, 0.4) is 0 Å². The number of hydrogen-bond donors (Lipinski definition) is 2. The minimum Gasteiger partial charge on any atom is -0.492 e. The first-order valence-electron chi connectivity index (χ1n) is 6.38. The van der Waals surface area contributed by atoms with Gasteiger partial charge in [-0.25, -0.2) is 0 Å². The number of nitrogens with one attached hydrogen (secondary N) is 2. The smallest absolute Gasteiger partial charge is 0.234 e. The zero-order valence-corrected chi connectivity index (χ0v) is 12.8. The fourth-order valence-electron chi connectivity index (χ4n) is 1.43. The summed E-state index contributed by atoms with van der Waals surface area (Å²) in [5, 5.41) is 5.75. The molecule has 0 radical (unpaired) electrons. The lowest BCUT2D eigenvalue weighted by molar-refractivity contribution is -0.120. The summed E-state index contributed by atoms with van der Waals surface area (Å²) in [5.41, 5.74) is 1.20. The summed E-state index contributed by atoms with van der Waals surface area (Å²) in [4.78, 5) is 11.4. The molecule has 0 saturated carbocycles. The average molecular weight is 303 g/mol. The van der Waals surface area contributed by atoms with Gasteiger partial charge in [-0.05, 0) is 19.1 Å². The molecule has 1 aromatic rings. The quantitative estimate of drug-likeness (QED) is 0.672. The maximum absolute atomic E-state index is 11.4. The highest BCUT2D eigenvalue weighted by atomic mass is 35.5. The highest BCUT2D eigenvalue weighted by Gasteiger charge is 1.99. The summed E-state index contributed by atoms with van der Waals surface area (Å²) >= 11 is 0. The Morgan fingerprint density at radius 3 is 2.50 bits per heavy atom. The standard InChI is InChI=1S/C14H22N2O3.ClH/c1-12-3-5-13(6-4-12)19-10-8-16-14(17)11-15-7-9-18-2;/h3-6,15H,7-11H2,1-2H3,(H,16,17);1H. The highest BCUT2D eigenvalue weighted by Crippen LogP contribution is 2.10. The molecule has 2 N–H and O–H groups in total. The van der Waals surface area contributed by atoms with E-state index in [9.17, 15) is 4.79 Å². The lowest BCUT2D eigenvalue weighted by atomic mass is 10.2. The van der Waals surface area contributed by atoms with E-state index in [4.69, 9.17) is 9.47 Å². The molecule has 1 amide bonds. The molecule has 1 rings (SSSR count). The third-order valence-corrected chi connectivity index (χ3v) is 2.48. The first kappa shape index (κ1) is 18.7. The molecule has 1 aromatic carbocycles. The first-order chi connectivity index (χ1) is 9.22. The monoisotopic (exact) mass is 302 g/mol. The molecule has 0 aliphatic heterocycles. The number of amides is 1. The second-order valence-corrected chi connectivity index (χ2v) is 4.18. The van der Waals surface area contributed by atoms with Crippen LogP contribution in [0, 0.1) is 6.92 Å². The molecule has 20 heavy (non-hydrogen) atoms. The molecular weight excluding hydrogens is 280 g/mol. The molecule has 0 unspecified atom stereocenters. The van der Waals surface area contributed by atoms with Crippen LogP contribution < -0.4 is 15.4 Å². The fourth-order valence-corrected chi connectivity index (χ4v) is 1.43. The van der Waals surface area contributed by atoms with Gasteiger partial charge in [-0.2, -0.15) is 0 Å². The molecule has 0 bridgehead atoms. The summed E-state index contributed by atoms with van der Waals surface area (Å²) in [6.45, 7) is 4.56. The van der Waals surface area contributed by atoms with Crippen molar-refractivity contribution in [3.63, 3.8) is 0 Å². The van der Waals surface area contributed by atoms with E-state index in [-0.39, 0.29) is 18.3 Å². The summed E-state index contributed by atoms with van der Waals surface area (Å²) in [6.07, 6.45) is 0. The van der Waals surface area contributed by atoms with E-state index >= 15 is 0 Å². The van der Waals surface area contributed by atoms with E-state index in [1.807, 2.05) is 31.2 Å². The van der Waals surface area contributed by atoms with Crippen LogP contribution in [0.25, 0.3) is 0 Å². The Morgan fingerprint density at radius 2 is 1.85 bits per heavy atom. The second-order valence-electron chi connectivity index (χ2n) is 4.18. The van der Waals surface area contributed by atoms with E-state index in [0.717, 1.165) is 5.75 Å². The van der Waals surface area contributed by atoms with E-state index in [0.29, 0.717) is 32.8 Å². The van der Waals surface area contributed by atoms with Crippen LogP contribution in [0.1, 0.15) is 5.56 Å². The van der Waals surface area contributed by atoms with Crippen LogP contribution >= 0.6 is 12.4 Å². The van der Waals surface area contributed by atoms with E-state index in [1.54, 1.807) is 7.11 Å². The molecule has 0 aromatic heterocycles. The Bertz CT molecular complexity index is 371. The van der Waals surface area contributed by atoms with Gasteiger partial charge in [0.05, 0.1) is 19.7 Å². The summed E-state index contributed by atoms with van der Waals surface area (Å²) < 4.78 is 10.4. The minimum absolute atomic E-state index is 0. The van der Waals surface area contributed by atoms with Gasteiger partial charge >= 0.3 is 0 Å². The van der Waals surface area contributed by atoms with E-state index in [2.05, 4.69) is 10.6 Å². The number of hydrogen-bond acceptors (Lipinski definition) is 4. The van der Waals surface area contributed by atoms with Gasteiger partial charge in [0.25, 0.3) is 0 Å². The van der Waals surface area contributed by atoms with Gasteiger partial charge in [-0.1, -0.05) is 17.7 Å². The van der Waals surface area contributed by atoms with Crippen molar-refractivity contribution in [1.29, 1.82) is 0 Å². The number of rotatable bonds is 9. The van der Waals surface area contributed by atoms with E-state index < -0.39 is 0 Å². The topological polar surface area (TPSA) is 59.6 Å². The van der Waals surface area contributed by atoms with Gasteiger partial charge < -0.3 is 20.1 Å². The number of methoxy groups -OCH3 is 1. The van der Waals surface area contributed by atoms with Gasteiger partial charge in [-0.3, -0.25) is 4.79 Å². The van der Waals surface area contributed by atoms with Gasteiger partial charge in [-0.15, -0.1) is 12.4 Å². The lowest BCUT2D eigenvalue weighted by Gasteiger charge is -2.08. The van der Waals surface area contributed by atoms with Crippen LogP contribution in [-0.2, 0) is 9.53 Å². The van der Waals surface area contributed by atoms with Gasteiger partial charge in [0.15, 0.2) is 0 Å². The van der Waals surface area contributed by atoms with Crippen molar-refractivity contribution >= 4 is 18.3 Å². The van der Waals surface area contributed by atoms with Crippen LogP contribution in [-0.4, -0.2) is 45.9 Å². The van der Waals surface area contributed by atoms with Gasteiger partial charge in [0.1, 0.15) is 12.4 Å². The van der Waals surface area contributed by atoms with E-state index in [1.165, 1.54) is 5.56 Å². The Labute approximate surface area is 126 Å². The molecule has 114 valence electrons. The Hall–Kier alpha value is -1.30. The number of ether oxygens (including phenoxy) is 2. The predicted molar refractivity (Wildman–Crippen MR) is 81.7 cm³/mol. The summed E-state index contributed by atoms with van der Waals surface area (Å²) in [5.74, 6) is 0.779. The number of carbonyl (C=O) groups is 1. The number of carbonyl (C=O) groups excluding carboxylic acids is 1. The Kier molecular flexibility index (Phi) is 10.8. The molecule has 0 fully saturated rings. The third-order valence-electron chi connectivity index (χ3n) is 2.48. The van der Waals surface area contributed by atoms with Crippen LogP contribution in [0.5, 0.6) is 5.75 Å². The molecule has 0 atom stereocenters. The molecule has 0 saturated heterocycles. The van der Waals surface area contributed by atoms with Crippen molar-refractivity contribution in [2.24, 2.45) is 0 Å². The zero-order chi connectivity index (χ0) is 13.9. The largest absolute Gasteiger partial charge is 0.492 e. The van der Waals surface area contributed by atoms with Crippen LogP contribution in [0.2, 0.25) is 0 Å². The molecule has 0 spiro atoms.